The van der Waals surface area contributed by atoms with Crippen molar-refractivity contribution in [3.8, 4) is 0 Å². The predicted molar refractivity (Wildman–Crippen MR) is 45.4 cm³/mol. The molecule has 10 heavy (non-hydrogen) atoms. The van der Waals surface area contributed by atoms with Gasteiger partial charge in [-0.05, 0) is 18.7 Å². The molecule has 0 aromatic carbocycles. The van der Waals surface area contributed by atoms with E-state index in [0.29, 0.717) is 0 Å². The fraction of sp³-hybridized carbons (Fsp3) is 0.429. The molecule has 0 amide bonds. The second-order valence-electron chi connectivity index (χ2n) is 2.22. The highest BCUT2D eigenvalue weighted by Gasteiger charge is 1.89. The van der Waals surface area contributed by atoms with Gasteiger partial charge < -0.3 is 9.88 Å². The van der Waals surface area contributed by atoms with Gasteiger partial charge in [-0.25, -0.2) is 0 Å². The lowest BCUT2D eigenvalue weighted by Crippen LogP contribution is -2.03. The fourth-order valence-corrected chi connectivity index (χ4v) is 0.870. The predicted octanol–water partition coefficient (Wildman–Crippen LogP) is 1.17. The number of aromatic nitrogens is 1. The van der Waals surface area contributed by atoms with Gasteiger partial charge in [0.05, 0.1) is 0 Å². The lowest BCUT2D eigenvalue weighted by Gasteiger charge is -1.91. The largest absolute Gasteiger partial charge is 0.357 e. The fourth-order valence-electron chi connectivity index (χ4n) is 0.870. The first-order valence-electron chi connectivity index (χ1n) is 3.08. The van der Waals surface area contributed by atoms with Crippen molar-refractivity contribution in [2.75, 3.05) is 7.05 Å². The molecule has 0 radical (unpaired) electrons. The Morgan fingerprint density at radius 3 is 2.70 bits per heavy atom. The van der Waals surface area contributed by atoms with Crippen LogP contribution in [0.2, 0.25) is 0 Å². The summed E-state index contributed by atoms with van der Waals surface area (Å²) in [7, 11) is 3.98. The smallest absolute Gasteiger partial charge is 0.0217 e. The van der Waals surface area contributed by atoms with E-state index in [4.69, 9.17) is 0 Å². The Hall–Kier alpha value is -0.470. The van der Waals surface area contributed by atoms with Crippen molar-refractivity contribution in [2.24, 2.45) is 7.05 Å². The second kappa shape index (κ2) is 4.36. The lowest BCUT2D eigenvalue weighted by atomic mass is 10.3. The molecule has 1 aromatic rings. The van der Waals surface area contributed by atoms with Crippen LogP contribution in [-0.2, 0) is 13.6 Å². The number of rotatable bonds is 2. The monoisotopic (exact) mass is 160 g/mol. The summed E-state index contributed by atoms with van der Waals surface area (Å²) in [6.45, 7) is 0.959. The van der Waals surface area contributed by atoms with Crippen LogP contribution in [0, 0.1) is 0 Å². The van der Waals surface area contributed by atoms with Gasteiger partial charge in [0.15, 0.2) is 0 Å². The minimum atomic E-state index is 0. The summed E-state index contributed by atoms with van der Waals surface area (Å²) in [4.78, 5) is 0. The van der Waals surface area contributed by atoms with Crippen LogP contribution in [0.3, 0.4) is 0 Å². The summed E-state index contributed by atoms with van der Waals surface area (Å²) in [6.07, 6.45) is 4.16. The molecule has 0 aliphatic rings. The SMILES string of the molecule is CNCc1ccn(C)c1.Cl. The van der Waals surface area contributed by atoms with Crippen LogP contribution >= 0.6 is 12.4 Å². The molecule has 1 heterocycles. The van der Waals surface area contributed by atoms with E-state index >= 15 is 0 Å². The van der Waals surface area contributed by atoms with E-state index < -0.39 is 0 Å². The quantitative estimate of drug-likeness (QED) is 0.688. The molecular weight excluding hydrogens is 148 g/mol. The lowest BCUT2D eigenvalue weighted by molar-refractivity contribution is 0.811. The van der Waals surface area contributed by atoms with E-state index in [-0.39, 0.29) is 12.4 Å². The molecule has 1 aromatic heterocycles. The number of nitrogens with one attached hydrogen (secondary N) is 1. The van der Waals surface area contributed by atoms with Crippen LogP contribution in [0.5, 0.6) is 0 Å². The number of hydrogen-bond donors (Lipinski definition) is 1. The Morgan fingerprint density at radius 2 is 2.30 bits per heavy atom. The van der Waals surface area contributed by atoms with E-state index in [2.05, 4.69) is 17.6 Å². The molecule has 2 nitrogen and oxygen atoms in total. The van der Waals surface area contributed by atoms with Gasteiger partial charge in [0, 0.05) is 26.0 Å². The zero-order valence-corrected chi connectivity index (χ0v) is 7.11. The minimum Gasteiger partial charge on any atom is -0.357 e. The third-order valence-electron chi connectivity index (χ3n) is 1.27. The van der Waals surface area contributed by atoms with Gasteiger partial charge in [0.2, 0.25) is 0 Å². The van der Waals surface area contributed by atoms with Crippen LogP contribution in [0.4, 0.5) is 0 Å². The molecule has 1 rings (SSSR count). The molecule has 0 saturated heterocycles. The van der Waals surface area contributed by atoms with Crippen LogP contribution in [-0.4, -0.2) is 11.6 Å². The molecule has 0 bridgehead atoms. The topological polar surface area (TPSA) is 17.0 Å². The van der Waals surface area contributed by atoms with Crippen molar-refractivity contribution < 1.29 is 0 Å². The molecule has 0 fully saturated rings. The van der Waals surface area contributed by atoms with Crippen molar-refractivity contribution in [1.29, 1.82) is 0 Å². The van der Waals surface area contributed by atoms with Crippen LogP contribution in [0.15, 0.2) is 18.5 Å². The number of aryl methyl sites for hydroxylation is 1. The summed E-state index contributed by atoms with van der Waals surface area (Å²) in [5.74, 6) is 0. The summed E-state index contributed by atoms with van der Waals surface area (Å²) in [6, 6.07) is 2.11. The first kappa shape index (κ1) is 9.53. The third kappa shape index (κ3) is 2.42. The van der Waals surface area contributed by atoms with E-state index in [1.807, 2.05) is 24.9 Å². The highest BCUT2D eigenvalue weighted by atomic mass is 35.5. The Morgan fingerprint density at radius 1 is 1.60 bits per heavy atom. The van der Waals surface area contributed by atoms with E-state index in [1.165, 1.54) is 5.56 Å². The molecule has 0 atom stereocenters. The molecule has 0 aliphatic heterocycles. The maximum absolute atomic E-state index is 3.08. The summed E-state index contributed by atoms with van der Waals surface area (Å²) < 4.78 is 2.05. The average molecular weight is 161 g/mol. The molecule has 0 aliphatic carbocycles. The Labute approximate surface area is 67.6 Å². The maximum Gasteiger partial charge on any atom is 0.0217 e. The third-order valence-corrected chi connectivity index (χ3v) is 1.27. The van der Waals surface area contributed by atoms with E-state index in [0.717, 1.165) is 6.54 Å². The van der Waals surface area contributed by atoms with Crippen molar-refractivity contribution in [3.63, 3.8) is 0 Å². The van der Waals surface area contributed by atoms with Crippen molar-refractivity contribution >= 4 is 12.4 Å². The molecule has 0 spiro atoms. The summed E-state index contributed by atoms with van der Waals surface area (Å²) >= 11 is 0. The van der Waals surface area contributed by atoms with Gasteiger partial charge in [0.1, 0.15) is 0 Å². The number of halogens is 1. The number of nitrogens with zero attached hydrogens (tertiary/aromatic N) is 1. The van der Waals surface area contributed by atoms with E-state index in [1.54, 1.807) is 0 Å². The van der Waals surface area contributed by atoms with Gasteiger partial charge in [-0.1, -0.05) is 0 Å². The molecule has 58 valence electrons. The van der Waals surface area contributed by atoms with Gasteiger partial charge >= 0.3 is 0 Å². The standard InChI is InChI=1S/C7H12N2.ClH/c1-8-5-7-3-4-9(2)6-7;/h3-4,6,8H,5H2,1-2H3;1H. The summed E-state index contributed by atoms with van der Waals surface area (Å²) in [5.41, 5.74) is 1.33. The molecule has 0 saturated carbocycles. The van der Waals surface area contributed by atoms with Gasteiger partial charge in [-0.2, -0.15) is 0 Å². The van der Waals surface area contributed by atoms with Gasteiger partial charge in [-0.3, -0.25) is 0 Å². The second-order valence-corrected chi connectivity index (χ2v) is 2.22. The van der Waals surface area contributed by atoms with Crippen LogP contribution in [0.1, 0.15) is 5.56 Å². The molecule has 1 N–H and O–H groups in total. The highest BCUT2D eigenvalue weighted by molar-refractivity contribution is 5.85. The maximum atomic E-state index is 3.08. The van der Waals surface area contributed by atoms with Crippen molar-refractivity contribution in [3.05, 3.63) is 24.0 Å². The zero-order valence-electron chi connectivity index (χ0n) is 6.29. The molecular formula is C7H13ClN2. The van der Waals surface area contributed by atoms with E-state index in [9.17, 15) is 0 Å². The van der Waals surface area contributed by atoms with Crippen LogP contribution < -0.4 is 5.32 Å². The first-order chi connectivity index (χ1) is 4.33. The minimum absolute atomic E-state index is 0. The average Bonchev–Trinajstić information content (AvgIpc) is 2.17. The molecule has 3 heteroatoms. The van der Waals surface area contributed by atoms with Gasteiger partial charge in [-0.15, -0.1) is 12.4 Å². The van der Waals surface area contributed by atoms with Gasteiger partial charge in [0.25, 0.3) is 0 Å². The Bertz CT molecular complexity index is 183. The normalized spacial score (nSPS) is 9.00. The van der Waals surface area contributed by atoms with Crippen LogP contribution in [0.25, 0.3) is 0 Å². The van der Waals surface area contributed by atoms with Crippen molar-refractivity contribution in [1.82, 2.24) is 9.88 Å². The highest BCUT2D eigenvalue weighted by Crippen LogP contribution is 1.96. The van der Waals surface area contributed by atoms with Crippen molar-refractivity contribution in [2.45, 2.75) is 6.54 Å². The first-order valence-corrected chi connectivity index (χ1v) is 3.08. The zero-order chi connectivity index (χ0) is 6.69. The molecule has 0 unspecified atom stereocenters. The Balaban J connectivity index is 0.000000810. The number of hydrogen-bond acceptors (Lipinski definition) is 1. The summed E-state index contributed by atoms with van der Waals surface area (Å²) in [5, 5.41) is 3.08. The Kier molecular flexibility index (Phi) is 4.16.